The predicted octanol–water partition coefficient (Wildman–Crippen LogP) is 3.78. The highest BCUT2D eigenvalue weighted by molar-refractivity contribution is 9.10. The van der Waals surface area contributed by atoms with Gasteiger partial charge >= 0.3 is 0 Å². The number of carbonyl (C=O) groups is 1. The first kappa shape index (κ1) is 21.4. The molecule has 0 spiro atoms. The monoisotopic (exact) mass is 454 g/mol. The van der Waals surface area contributed by atoms with Crippen molar-refractivity contribution in [2.75, 3.05) is 29.5 Å². The lowest BCUT2D eigenvalue weighted by Crippen LogP contribution is -2.31. The Balaban J connectivity index is 1.94. The van der Waals surface area contributed by atoms with Crippen molar-refractivity contribution in [3.63, 3.8) is 0 Å². The number of hydrogen-bond acceptors (Lipinski definition) is 4. The summed E-state index contributed by atoms with van der Waals surface area (Å²) in [5.74, 6) is -0.160. The number of anilines is 2. The number of rotatable bonds is 9. The molecule has 0 atom stereocenters. The quantitative estimate of drug-likeness (QED) is 0.625. The average Bonchev–Trinajstić information content (AvgIpc) is 2.58. The molecule has 0 heterocycles. The Hall–Kier alpha value is -1.90. The third-order valence-corrected chi connectivity index (χ3v) is 5.47. The van der Waals surface area contributed by atoms with Crippen LogP contribution in [-0.2, 0) is 26.2 Å². The van der Waals surface area contributed by atoms with Gasteiger partial charge in [-0.05, 0) is 42.3 Å². The van der Waals surface area contributed by atoms with E-state index in [2.05, 4.69) is 21.2 Å². The molecular weight excluding hydrogens is 432 g/mol. The van der Waals surface area contributed by atoms with Gasteiger partial charge < -0.3 is 10.1 Å². The molecule has 0 unspecified atom stereocenters. The number of sulfonamides is 1. The summed E-state index contributed by atoms with van der Waals surface area (Å²) in [6.45, 7) is 0.700. The van der Waals surface area contributed by atoms with Crippen LogP contribution in [-0.4, -0.2) is 34.2 Å². The van der Waals surface area contributed by atoms with Crippen molar-refractivity contribution in [2.45, 2.75) is 19.4 Å². The molecular formula is C19H23BrN2O4S. The summed E-state index contributed by atoms with van der Waals surface area (Å²) in [6.07, 6.45) is 1.78. The SMILES string of the molecule is COCc1cccc(NC(=O)CCCN(c2cccc(Br)c2)S(C)(=O)=O)c1. The van der Waals surface area contributed by atoms with Gasteiger partial charge in [0.1, 0.15) is 0 Å². The molecule has 1 amide bonds. The van der Waals surface area contributed by atoms with E-state index in [1.54, 1.807) is 31.4 Å². The van der Waals surface area contributed by atoms with Crippen LogP contribution < -0.4 is 9.62 Å². The first-order chi connectivity index (χ1) is 12.8. The highest BCUT2D eigenvalue weighted by Gasteiger charge is 2.17. The molecule has 8 heteroatoms. The molecule has 1 N–H and O–H groups in total. The third-order valence-electron chi connectivity index (χ3n) is 3.78. The Morgan fingerprint density at radius 1 is 1.19 bits per heavy atom. The molecule has 2 rings (SSSR count). The van der Waals surface area contributed by atoms with E-state index >= 15 is 0 Å². The van der Waals surface area contributed by atoms with Gasteiger partial charge in [0.25, 0.3) is 0 Å². The van der Waals surface area contributed by atoms with Crippen LogP contribution in [0.4, 0.5) is 11.4 Å². The maximum absolute atomic E-state index is 12.2. The van der Waals surface area contributed by atoms with Crippen molar-refractivity contribution in [1.29, 1.82) is 0 Å². The molecule has 0 saturated carbocycles. The number of amides is 1. The van der Waals surface area contributed by atoms with Crippen LogP contribution in [0.5, 0.6) is 0 Å². The lowest BCUT2D eigenvalue weighted by atomic mass is 10.2. The van der Waals surface area contributed by atoms with Gasteiger partial charge in [-0.2, -0.15) is 0 Å². The average molecular weight is 455 g/mol. The molecule has 0 radical (unpaired) electrons. The fourth-order valence-electron chi connectivity index (χ4n) is 2.63. The zero-order chi connectivity index (χ0) is 19.9. The van der Waals surface area contributed by atoms with Gasteiger partial charge in [-0.3, -0.25) is 9.10 Å². The predicted molar refractivity (Wildman–Crippen MR) is 111 cm³/mol. The Kier molecular flexibility index (Phi) is 7.82. The molecule has 0 fully saturated rings. The van der Waals surface area contributed by atoms with Crippen molar-refractivity contribution in [1.82, 2.24) is 0 Å². The zero-order valence-corrected chi connectivity index (χ0v) is 17.7. The van der Waals surface area contributed by atoms with E-state index in [0.717, 1.165) is 16.3 Å². The van der Waals surface area contributed by atoms with Gasteiger partial charge in [-0.25, -0.2) is 8.42 Å². The fourth-order valence-corrected chi connectivity index (χ4v) is 3.97. The topological polar surface area (TPSA) is 75.7 Å². The van der Waals surface area contributed by atoms with E-state index in [4.69, 9.17) is 4.74 Å². The number of nitrogens with one attached hydrogen (secondary N) is 1. The minimum atomic E-state index is -3.44. The first-order valence-corrected chi connectivity index (χ1v) is 11.0. The summed E-state index contributed by atoms with van der Waals surface area (Å²) in [6, 6.07) is 14.5. The highest BCUT2D eigenvalue weighted by Crippen LogP contribution is 2.22. The van der Waals surface area contributed by atoms with E-state index in [1.165, 1.54) is 4.31 Å². The molecule has 146 valence electrons. The molecule has 0 aliphatic carbocycles. The van der Waals surface area contributed by atoms with Crippen molar-refractivity contribution < 1.29 is 17.9 Å². The van der Waals surface area contributed by atoms with Crippen molar-refractivity contribution in [3.8, 4) is 0 Å². The van der Waals surface area contributed by atoms with E-state index in [9.17, 15) is 13.2 Å². The van der Waals surface area contributed by atoms with Crippen LogP contribution in [0.15, 0.2) is 53.0 Å². The number of nitrogens with zero attached hydrogens (tertiary/aromatic N) is 1. The molecule has 6 nitrogen and oxygen atoms in total. The Labute approximate surface area is 168 Å². The second-order valence-corrected chi connectivity index (χ2v) is 8.92. The minimum Gasteiger partial charge on any atom is -0.380 e. The molecule has 0 bridgehead atoms. The maximum atomic E-state index is 12.2. The molecule has 2 aromatic carbocycles. The largest absolute Gasteiger partial charge is 0.380 e. The summed E-state index contributed by atoms with van der Waals surface area (Å²) in [5.41, 5.74) is 2.23. The molecule has 0 aromatic heterocycles. The molecule has 0 saturated heterocycles. The first-order valence-electron chi connectivity index (χ1n) is 8.40. The second-order valence-electron chi connectivity index (χ2n) is 6.10. The number of carbonyl (C=O) groups excluding carboxylic acids is 1. The van der Waals surface area contributed by atoms with Crippen LogP contribution in [0.3, 0.4) is 0 Å². The van der Waals surface area contributed by atoms with E-state index in [0.29, 0.717) is 24.4 Å². The smallest absolute Gasteiger partial charge is 0.232 e. The number of halogens is 1. The van der Waals surface area contributed by atoms with E-state index in [1.807, 2.05) is 24.3 Å². The highest BCUT2D eigenvalue weighted by atomic mass is 79.9. The van der Waals surface area contributed by atoms with Crippen LogP contribution in [0.1, 0.15) is 18.4 Å². The fraction of sp³-hybridized carbons (Fsp3) is 0.316. The standard InChI is InChI=1S/C19H23BrN2O4S/c1-26-14-15-6-3-8-17(12-15)21-19(23)10-5-11-22(27(2,24)25)18-9-4-7-16(20)13-18/h3-4,6-9,12-13H,5,10-11,14H2,1-2H3,(H,21,23). The lowest BCUT2D eigenvalue weighted by Gasteiger charge is -2.22. The number of methoxy groups -OCH3 is 1. The van der Waals surface area contributed by atoms with Crippen molar-refractivity contribution >= 4 is 43.2 Å². The molecule has 2 aromatic rings. The summed E-state index contributed by atoms with van der Waals surface area (Å²) < 4.78 is 31.4. The van der Waals surface area contributed by atoms with Crippen molar-refractivity contribution in [3.05, 3.63) is 58.6 Å². The maximum Gasteiger partial charge on any atom is 0.232 e. The Bertz CT molecular complexity index is 887. The summed E-state index contributed by atoms with van der Waals surface area (Å²) in [7, 11) is -1.82. The van der Waals surface area contributed by atoms with Crippen LogP contribution in [0, 0.1) is 0 Å². The summed E-state index contributed by atoms with van der Waals surface area (Å²) in [4.78, 5) is 12.2. The molecule has 0 aliphatic heterocycles. The van der Waals surface area contributed by atoms with Gasteiger partial charge in [-0.15, -0.1) is 0 Å². The Morgan fingerprint density at radius 2 is 1.93 bits per heavy atom. The molecule has 0 aliphatic rings. The van der Waals surface area contributed by atoms with Gasteiger partial charge in [0.05, 0.1) is 18.6 Å². The van der Waals surface area contributed by atoms with E-state index < -0.39 is 10.0 Å². The van der Waals surface area contributed by atoms with Gasteiger partial charge in [-0.1, -0.05) is 34.1 Å². The summed E-state index contributed by atoms with van der Waals surface area (Å²) in [5, 5.41) is 2.83. The number of ether oxygens (including phenoxy) is 1. The second kappa shape index (κ2) is 9.87. The minimum absolute atomic E-state index is 0.160. The third kappa shape index (κ3) is 6.97. The van der Waals surface area contributed by atoms with Crippen LogP contribution in [0.2, 0.25) is 0 Å². The summed E-state index contributed by atoms with van der Waals surface area (Å²) >= 11 is 3.35. The van der Waals surface area contributed by atoms with E-state index in [-0.39, 0.29) is 18.9 Å². The van der Waals surface area contributed by atoms with Gasteiger partial charge in [0.2, 0.25) is 15.9 Å². The molecule has 27 heavy (non-hydrogen) atoms. The Morgan fingerprint density at radius 3 is 2.59 bits per heavy atom. The number of hydrogen-bond donors (Lipinski definition) is 1. The van der Waals surface area contributed by atoms with Crippen LogP contribution >= 0.6 is 15.9 Å². The lowest BCUT2D eigenvalue weighted by molar-refractivity contribution is -0.116. The normalized spacial score (nSPS) is 11.2. The van der Waals surface area contributed by atoms with Crippen LogP contribution in [0.25, 0.3) is 0 Å². The van der Waals surface area contributed by atoms with Crippen molar-refractivity contribution in [2.24, 2.45) is 0 Å². The van der Waals surface area contributed by atoms with Gasteiger partial charge in [0.15, 0.2) is 0 Å². The zero-order valence-electron chi connectivity index (χ0n) is 15.3. The number of benzene rings is 2. The van der Waals surface area contributed by atoms with Gasteiger partial charge in [0, 0.05) is 30.2 Å².